The molecule has 0 aromatic carbocycles. The average molecular weight is 342 g/mol. The fourth-order valence-electron chi connectivity index (χ4n) is 2.66. The van der Waals surface area contributed by atoms with Crippen molar-refractivity contribution in [2.24, 2.45) is 5.92 Å². The summed E-state index contributed by atoms with van der Waals surface area (Å²) in [6.07, 6.45) is 3.76. The molecule has 0 unspecified atom stereocenters. The number of nitrogens with two attached hydrogens (primary N) is 1. The number of nitrogen functional groups attached to an aromatic ring is 1. The Morgan fingerprint density at radius 1 is 1.36 bits per heavy atom. The van der Waals surface area contributed by atoms with Crippen molar-refractivity contribution in [2.45, 2.75) is 25.7 Å². The highest BCUT2D eigenvalue weighted by Crippen LogP contribution is 2.39. The fourth-order valence-corrected chi connectivity index (χ4v) is 4.00. The highest BCUT2D eigenvalue weighted by molar-refractivity contribution is 7.59. The highest BCUT2D eigenvalue weighted by atomic mass is 32.1. The number of carbonyl (C=O) groups is 1. The minimum absolute atomic E-state index is 0.0178. The molecule has 0 spiro atoms. The molecule has 1 saturated carbocycles. The van der Waals surface area contributed by atoms with E-state index in [-0.39, 0.29) is 28.3 Å². The van der Waals surface area contributed by atoms with Gasteiger partial charge in [-0.15, -0.1) is 0 Å². The third kappa shape index (κ3) is 2.87. The first-order valence-electron chi connectivity index (χ1n) is 6.83. The summed E-state index contributed by atoms with van der Waals surface area (Å²) in [5, 5.41) is 0.227. The Kier molecular flexibility index (Phi) is 3.94. The Morgan fingerprint density at radius 2 is 2.05 bits per heavy atom. The van der Waals surface area contributed by atoms with Crippen molar-refractivity contribution in [3.05, 3.63) is 17.0 Å². The van der Waals surface area contributed by atoms with Gasteiger partial charge in [0, 0.05) is 5.92 Å². The smallest absolute Gasteiger partial charge is 0.391 e. The third-order valence-corrected chi connectivity index (χ3v) is 5.42. The molecule has 1 fully saturated rings. The molecular formula is C13H15N2O5PS. The van der Waals surface area contributed by atoms with Crippen LogP contribution in [0.5, 0.6) is 0 Å². The highest BCUT2D eigenvalue weighted by Gasteiger charge is 2.30. The van der Waals surface area contributed by atoms with Crippen LogP contribution in [-0.4, -0.2) is 20.6 Å². The van der Waals surface area contributed by atoms with Crippen LogP contribution in [-0.2, 0) is 4.57 Å². The zero-order chi connectivity index (χ0) is 15.9. The van der Waals surface area contributed by atoms with Crippen LogP contribution in [0.4, 0.5) is 5.13 Å². The van der Waals surface area contributed by atoms with Gasteiger partial charge in [-0.25, -0.2) is 4.98 Å². The molecule has 0 radical (unpaired) electrons. The zero-order valence-corrected chi connectivity index (χ0v) is 13.3. The van der Waals surface area contributed by atoms with Crippen LogP contribution >= 0.6 is 18.9 Å². The van der Waals surface area contributed by atoms with E-state index in [4.69, 9.17) is 19.9 Å². The van der Waals surface area contributed by atoms with Crippen LogP contribution in [0, 0.1) is 5.92 Å². The Balaban J connectivity index is 1.99. The van der Waals surface area contributed by atoms with Gasteiger partial charge in [0.2, 0.25) is 5.50 Å². The lowest BCUT2D eigenvalue weighted by atomic mass is 10.0. The lowest BCUT2D eigenvalue weighted by Gasteiger charge is -2.06. The van der Waals surface area contributed by atoms with E-state index in [0.717, 1.165) is 37.0 Å². The first-order chi connectivity index (χ1) is 10.4. The SMILES string of the molecule is Nc1nc(-c2ccc(P(=O)(O)O)o2)c(C(=O)C2CCCC2)s1. The van der Waals surface area contributed by atoms with Crippen LogP contribution in [0.15, 0.2) is 16.5 Å². The summed E-state index contributed by atoms with van der Waals surface area (Å²) in [7, 11) is -4.48. The summed E-state index contributed by atoms with van der Waals surface area (Å²) >= 11 is 1.08. The first kappa shape index (κ1) is 15.4. The van der Waals surface area contributed by atoms with Gasteiger partial charge in [-0.1, -0.05) is 24.2 Å². The van der Waals surface area contributed by atoms with E-state index < -0.39 is 13.1 Å². The molecule has 2 aromatic rings. The molecule has 22 heavy (non-hydrogen) atoms. The molecule has 3 rings (SSSR count). The number of furan rings is 1. The number of thiazole rings is 1. The summed E-state index contributed by atoms with van der Waals surface area (Å²) in [4.78, 5) is 35.3. The molecule has 0 saturated heterocycles. The second-order valence-corrected chi connectivity index (χ2v) is 7.82. The van der Waals surface area contributed by atoms with Crippen molar-refractivity contribution < 1.29 is 23.6 Å². The number of anilines is 1. The largest absolute Gasteiger partial charge is 0.446 e. The number of Topliss-reactive ketones (excluding diaryl/α,β-unsaturated/α-hetero) is 1. The quantitative estimate of drug-likeness (QED) is 0.574. The van der Waals surface area contributed by atoms with E-state index in [2.05, 4.69) is 4.98 Å². The van der Waals surface area contributed by atoms with E-state index in [9.17, 15) is 9.36 Å². The number of hydrogen-bond acceptors (Lipinski definition) is 6. The van der Waals surface area contributed by atoms with Gasteiger partial charge in [-0.2, -0.15) is 0 Å². The second-order valence-electron chi connectivity index (χ2n) is 5.26. The lowest BCUT2D eigenvalue weighted by molar-refractivity contribution is 0.0927. The topological polar surface area (TPSA) is 127 Å². The van der Waals surface area contributed by atoms with Gasteiger partial charge in [0.1, 0.15) is 10.6 Å². The Hall–Kier alpha value is -1.47. The van der Waals surface area contributed by atoms with Gasteiger partial charge in [0.15, 0.2) is 16.7 Å². The summed E-state index contributed by atoms with van der Waals surface area (Å²) in [6.45, 7) is 0. The summed E-state index contributed by atoms with van der Waals surface area (Å²) in [6, 6.07) is 2.59. The third-order valence-electron chi connectivity index (χ3n) is 3.71. The molecule has 0 amide bonds. The number of carbonyl (C=O) groups excluding carboxylic acids is 1. The van der Waals surface area contributed by atoms with Crippen LogP contribution in [0.2, 0.25) is 0 Å². The lowest BCUT2D eigenvalue weighted by Crippen LogP contribution is -2.10. The number of hydrogen-bond donors (Lipinski definition) is 3. The molecule has 4 N–H and O–H groups in total. The minimum Gasteiger partial charge on any atom is -0.446 e. The number of rotatable bonds is 4. The maximum atomic E-state index is 12.6. The van der Waals surface area contributed by atoms with Gasteiger partial charge >= 0.3 is 7.60 Å². The number of ketones is 1. The molecule has 7 nitrogen and oxygen atoms in total. The van der Waals surface area contributed by atoms with E-state index in [1.807, 2.05) is 0 Å². The molecule has 2 heterocycles. The van der Waals surface area contributed by atoms with Crippen molar-refractivity contribution in [3.63, 3.8) is 0 Å². The van der Waals surface area contributed by atoms with E-state index >= 15 is 0 Å². The van der Waals surface area contributed by atoms with Gasteiger partial charge in [-0.3, -0.25) is 9.36 Å². The maximum Gasteiger partial charge on any atom is 0.391 e. The first-order valence-corrected chi connectivity index (χ1v) is 9.26. The van der Waals surface area contributed by atoms with Crippen LogP contribution in [0.25, 0.3) is 11.5 Å². The van der Waals surface area contributed by atoms with Gasteiger partial charge in [0.25, 0.3) is 0 Å². The van der Waals surface area contributed by atoms with E-state index in [0.29, 0.717) is 4.88 Å². The molecule has 0 bridgehead atoms. The van der Waals surface area contributed by atoms with Gasteiger partial charge < -0.3 is 19.9 Å². The average Bonchev–Trinajstić information content (AvgIpc) is 3.17. The normalized spacial score (nSPS) is 16.3. The second kappa shape index (κ2) is 5.62. The van der Waals surface area contributed by atoms with Crippen LogP contribution < -0.4 is 11.2 Å². The maximum absolute atomic E-state index is 12.6. The summed E-state index contributed by atoms with van der Waals surface area (Å²) < 4.78 is 16.4. The van der Waals surface area contributed by atoms with Crippen molar-refractivity contribution in [2.75, 3.05) is 5.73 Å². The summed E-state index contributed by atoms with van der Waals surface area (Å²) in [5.74, 6) is 0.0956. The molecule has 1 aliphatic rings. The van der Waals surface area contributed by atoms with Crippen LogP contribution in [0.1, 0.15) is 35.4 Å². The molecule has 0 atom stereocenters. The number of aromatic nitrogens is 1. The van der Waals surface area contributed by atoms with Gasteiger partial charge in [-0.05, 0) is 25.0 Å². The van der Waals surface area contributed by atoms with Crippen molar-refractivity contribution in [3.8, 4) is 11.5 Å². The number of nitrogens with zero attached hydrogens (tertiary/aromatic N) is 1. The van der Waals surface area contributed by atoms with Crippen molar-refractivity contribution >= 4 is 35.3 Å². The molecule has 1 aliphatic carbocycles. The van der Waals surface area contributed by atoms with Crippen LogP contribution in [0.3, 0.4) is 0 Å². The Morgan fingerprint density at radius 3 is 2.64 bits per heavy atom. The summed E-state index contributed by atoms with van der Waals surface area (Å²) in [5.41, 5.74) is 5.52. The standard InChI is InChI=1S/C13H15N2O5PS/c14-13-15-10(8-5-6-9(20-8)21(17,18)19)12(22-13)11(16)7-3-1-2-4-7/h5-7H,1-4H2,(H2,14,15)(H2,17,18,19). The monoisotopic (exact) mass is 342 g/mol. The molecule has 2 aromatic heterocycles. The Bertz CT molecular complexity index is 756. The van der Waals surface area contributed by atoms with Gasteiger partial charge in [0.05, 0.1) is 0 Å². The molecule has 118 valence electrons. The predicted molar refractivity (Wildman–Crippen MR) is 82.2 cm³/mol. The molecular weight excluding hydrogens is 327 g/mol. The Labute approximate surface area is 130 Å². The van der Waals surface area contributed by atoms with E-state index in [1.165, 1.54) is 12.1 Å². The zero-order valence-electron chi connectivity index (χ0n) is 11.6. The van der Waals surface area contributed by atoms with E-state index in [1.54, 1.807) is 0 Å². The minimum atomic E-state index is -4.48. The van der Waals surface area contributed by atoms with Crippen molar-refractivity contribution in [1.29, 1.82) is 0 Å². The predicted octanol–water partition coefficient (Wildman–Crippen LogP) is 2.16. The molecule has 9 heteroatoms. The fraction of sp³-hybridized carbons (Fsp3) is 0.385. The van der Waals surface area contributed by atoms with Crippen molar-refractivity contribution in [1.82, 2.24) is 4.98 Å². The molecule has 0 aliphatic heterocycles.